The Bertz CT molecular complexity index is 368. The van der Waals surface area contributed by atoms with Crippen LogP contribution in [0.1, 0.15) is 53.9 Å². The molecule has 0 aromatic heterocycles. The van der Waals surface area contributed by atoms with Crippen molar-refractivity contribution in [3.8, 4) is 0 Å². The van der Waals surface area contributed by atoms with Crippen LogP contribution in [0, 0.1) is 0 Å². The number of amides is 1. The van der Waals surface area contributed by atoms with Gasteiger partial charge in [-0.15, -0.1) is 0 Å². The maximum absolute atomic E-state index is 12.3. The van der Waals surface area contributed by atoms with Gasteiger partial charge in [-0.25, -0.2) is 4.79 Å². The normalized spacial score (nSPS) is 26.4. The van der Waals surface area contributed by atoms with Crippen molar-refractivity contribution in [3.05, 3.63) is 0 Å². The van der Waals surface area contributed by atoms with Crippen LogP contribution < -0.4 is 0 Å². The Hall–Kier alpha value is -0.910. The van der Waals surface area contributed by atoms with Gasteiger partial charge < -0.3 is 14.4 Å². The van der Waals surface area contributed by atoms with Crippen LogP contribution in [0.25, 0.3) is 0 Å². The minimum absolute atomic E-state index is 0.0163. The topological polar surface area (TPSA) is 55.8 Å². The monoisotopic (exact) mass is 317 g/mol. The number of thiol groups is 1. The Balaban J connectivity index is 2.62. The number of likely N-dealkylation sites (tertiary alicyclic amines) is 1. The summed E-state index contributed by atoms with van der Waals surface area (Å²) in [5.74, 6) is 0.265. The molecule has 0 N–H and O–H groups in total. The molecule has 1 heterocycles. The molecule has 1 aliphatic heterocycles. The van der Waals surface area contributed by atoms with Crippen molar-refractivity contribution in [1.29, 1.82) is 0 Å². The predicted molar refractivity (Wildman–Crippen MR) is 84.6 cm³/mol. The average Bonchev–Trinajstić information content (AvgIpc) is 2.24. The molecule has 122 valence electrons. The molecular formula is C15H27NO4S. The van der Waals surface area contributed by atoms with Gasteiger partial charge in [-0.2, -0.15) is 12.6 Å². The SMILES string of the molecule is CC1CC(OC(=O)CCS)CC(C)N1C(=O)OC(C)(C)C. The van der Waals surface area contributed by atoms with Crippen molar-refractivity contribution in [2.75, 3.05) is 5.75 Å². The zero-order chi connectivity index (χ0) is 16.2. The Kier molecular flexibility index (Phi) is 6.38. The van der Waals surface area contributed by atoms with Crippen LogP contribution in [-0.4, -0.2) is 46.5 Å². The number of rotatable bonds is 3. The van der Waals surface area contributed by atoms with Crippen LogP contribution in [0.2, 0.25) is 0 Å². The third-order valence-corrected chi connectivity index (χ3v) is 3.60. The van der Waals surface area contributed by atoms with Crippen molar-refractivity contribution in [2.45, 2.75) is 77.7 Å². The van der Waals surface area contributed by atoms with E-state index in [2.05, 4.69) is 12.6 Å². The number of carbonyl (C=O) groups is 2. The molecule has 1 fully saturated rings. The summed E-state index contributed by atoms with van der Waals surface area (Å²) in [7, 11) is 0. The third-order valence-electron chi connectivity index (χ3n) is 3.38. The van der Waals surface area contributed by atoms with Gasteiger partial charge >= 0.3 is 12.1 Å². The molecule has 1 rings (SSSR count). The molecule has 0 spiro atoms. The summed E-state index contributed by atoms with van der Waals surface area (Å²) >= 11 is 4.02. The quantitative estimate of drug-likeness (QED) is 0.642. The van der Waals surface area contributed by atoms with E-state index in [1.54, 1.807) is 4.90 Å². The number of esters is 1. The van der Waals surface area contributed by atoms with E-state index in [0.717, 1.165) is 0 Å². The van der Waals surface area contributed by atoms with Crippen LogP contribution in [-0.2, 0) is 14.3 Å². The highest BCUT2D eigenvalue weighted by atomic mass is 32.1. The summed E-state index contributed by atoms with van der Waals surface area (Å²) in [5, 5.41) is 0. The first-order valence-corrected chi connectivity index (χ1v) is 8.09. The fourth-order valence-electron chi connectivity index (χ4n) is 2.63. The van der Waals surface area contributed by atoms with Crippen LogP contribution in [0.4, 0.5) is 4.79 Å². The fraction of sp³-hybridized carbons (Fsp3) is 0.867. The van der Waals surface area contributed by atoms with Gasteiger partial charge in [-0.1, -0.05) is 0 Å². The summed E-state index contributed by atoms with van der Waals surface area (Å²) in [6.45, 7) is 9.47. The first-order valence-electron chi connectivity index (χ1n) is 7.45. The van der Waals surface area contributed by atoms with Gasteiger partial charge in [0.15, 0.2) is 0 Å². The first-order chi connectivity index (χ1) is 9.64. The highest BCUT2D eigenvalue weighted by molar-refractivity contribution is 7.80. The van der Waals surface area contributed by atoms with Gasteiger partial charge in [0.25, 0.3) is 0 Å². The maximum atomic E-state index is 12.3. The second-order valence-corrected chi connectivity index (χ2v) is 7.09. The van der Waals surface area contributed by atoms with E-state index in [0.29, 0.717) is 25.0 Å². The number of ether oxygens (including phenoxy) is 2. The molecule has 1 aliphatic rings. The largest absolute Gasteiger partial charge is 0.462 e. The van der Waals surface area contributed by atoms with Gasteiger partial charge in [0.1, 0.15) is 11.7 Å². The van der Waals surface area contributed by atoms with Crippen LogP contribution in [0.15, 0.2) is 0 Å². The summed E-state index contributed by atoms with van der Waals surface area (Å²) in [6.07, 6.45) is 1.16. The molecular weight excluding hydrogens is 290 g/mol. The summed E-state index contributed by atoms with van der Waals surface area (Å²) < 4.78 is 10.9. The molecule has 1 amide bonds. The molecule has 0 aromatic carbocycles. The van der Waals surface area contributed by atoms with E-state index in [4.69, 9.17) is 9.47 Å². The molecule has 0 saturated carbocycles. The smallest absolute Gasteiger partial charge is 0.410 e. The third kappa shape index (κ3) is 5.77. The number of hydrogen-bond donors (Lipinski definition) is 1. The second kappa shape index (κ2) is 7.38. The average molecular weight is 317 g/mol. The Morgan fingerprint density at radius 1 is 1.19 bits per heavy atom. The van der Waals surface area contributed by atoms with Gasteiger partial charge in [-0.3, -0.25) is 4.79 Å². The van der Waals surface area contributed by atoms with Gasteiger partial charge in [0.05, 0.1) is 6.42 Å². The van der Waals surface area contributed by atoms with Crippen LogP contribution in [0.5, 0.6) is 0 Å². The molecule has 21 heavy (non-hydrogen) atoms. The van der Waals surface area contributed by atoms with E-state index in [9.17, 15) is 9.59 Å². The zero-order valence-electron chi connectivity index (χ0n) is 13.6. The number of carbonyl (C=O) groups excluding carboxylic acids is 2. The Labute approximate surface area is 132 Å². The van der Waals surface area contributed by atoms with E-state index in [1.165, 1.54) is 0 Å². The molecule has 5 nitrogen and oxygen atoms in total. The summed E-state index contributed by atoms with van der Waals surface area (Å²) in [4.78, 5) is 25.5. The van der Waals surface area contributed by atoms with Crippen molar-refractivity contribution in [1.82, 2.24) is 4.90 Å². The summed E-state index contributed by atoms with van der Waals surface area (Å²) in [6, 6.07) is -0.0326. The highest BCUT2D eigenvalue weighted by Crippen LogP contribution is 2.27. The van der Waals surface area contributed by atoms with Crippen molar-refractivity contribution < 1.29 is 19.1 Å². The lowest BCUT2D eigenvalue weighted by Gasteiger charge is -2.42. The lowest BCUT2D eigenvalue weighted by Crippen LogP contribution is -2.53. The maximum Gasteiger partial charge on any atom is 0.410 e. The Morgan fingerprint density at radius 2 is 1.71 bits per heavy atom. The number of nitrogens with zero attached hydrogens (tertiary/aromatic N) is 1. The Morgan fingerprint density at radius 3 is 2.14 bits per heavy atom. The van der Waals surface area contributed by atoms with Crippen LogP contribution >= 0.6 is 12.6 Å². The lowest BCUT2D eigenvalue weighted by molar-refractivity contribution is -0.152. The van der Waals surface area contributed by atoms with E-state index >= 15 is 0 Å². The molecule has 0 bridgehead atoms. The van der Waals surface area contributed by atoms with Crippen LogP contribution in [0.3, 0.4) is 0 Å². The number of piperidine rings is 1. The van der Waals surface area contributed by atoms with Crippen molar-refractivity contribution >= 4 is 24.7 Å². The summed E-state index contributed by atoms with van der Waals surface area (Å²) in [5.41, 5.74) is -0.508. The molecule has 0 aromatic rings. The van der Waals surface area contributed by atoms with E-state index in [-0.39, 0.29) is 30.3 Å². The highest BCUT2D eigenvalue weighted by Gasteiger charge is 2.37. The van der Waals surface area contributed by atoms with E-state index in [1.807, 2.05) is 34.6 Å². The predicted octanol–water partition coefficient (Wildman–Crippen LogP) is 3.03. The number of hydrogen-bond acceptors (Lipinski definition) is 5. The lowest BCUT2D eigenvalue weighted by atomic mass is 9.95. The van der Waals surface area contributed by atoms with Crippen molar-refractivity contribution in [3.63, 3.8) is 0 Å². The fourth-order valence-corrected chi connectivity index (χ4v) is 2.81. The minimum Gasteiger partial charge on any atom is -0.462 e. The standard InChI is InChI=1S/C15H27NO4S/c1-10-8-12(19-13(17)6-7-21)9-11(2)16(10)14(18)20-15(3,4)5/h10-12,21H,6-9H2,1-5H3. The van der Waals surface area contributed by atoms with E-state index < -0.39 is 5.60 Å². The van der Waals surface area contributed by atoms with Gasteiger partial charge in [0.2, 0.25) is 0 Å². The van der Waals surface area contributed by atoms with Gasteiger partial charge in [0, 0.05) is 30.7 Å². The molecule has 1 saturated heterocycles. The minimum atomic E-state index is -0.508. The molecule has 0 radical (unpaired) electrons. The molecule has 0 aliphatic carbocycles. The molecule has 6 heteroatoms. The molecule has 2 unspecified atom stereocenters. The van der Waals surface area contributed by atoms with Crippen molar-refractivity contribution in [2.24, 2.45) is 0 Å². The first kappa shape index (κ1) is 18.1. The second-order valence-electron chi connectivity index (χ2n) is 6.64. The zero-order valence-corrected chi connectivity index (χ0v) is 14.5. The van der Waals surface area contributed by atoms with Gasteiger partial charge in [-0.05, 0) is 34.6 Å². The molecule has 2 atom stereocenters.